The van der Waals surface area contributed by atoms with Gasteiger partial charge in [0.05, 0.1) is 16.8 Å². The van der Waals surface area contributed by atoms with Crippen LogP contribution in [0.2, 0.25) is 0 Å². The van der Waals surface area contributed by atoms with E-state index in [1.54, 1.807) is 0 Å². The third kappa shape index (κ3) is 6.83. The molecule has 3 heteroatoms. The number of nitrogens with zero attached hydrogens (tertiary/aromatic N) is 3. The lowest BCUT2D eigenvalue weighted by molar-refractivity contribution is 0.768. The minimum absolute atomic E-state index is 0.591. The predicted octanol–water partition coefficient (Wildman–Crippen LogP) is 14.8. The first-order valence-electron chi connectivity index (χ1n) is 22.1. The van der Waals surface area contributed by atoms with Crippen LogP contribution >= 0.6 is 0 Å². The van der Waals surface area contributed by atoms with Gasteiger partial charge in [-0.3, -0.25) is 4.98 Å². The van der Waals surface area contributed by atoms with Crippen LogP contribution in [0.25, 0.3) is 67.3 Å². The van der Waals surface area contributed by atoms with Crippen molar-refractivity contribution < 1.29 is 0 Å². The summed E-state index contributed by atoms with van der Waals surface area (Å²) in [6.45, 7) is 4.27. The third-order valence-electron chi connectivity index (χ3n) is 12.9. The van der Waals surface area contributed by atoms with E-state index in [-0.39, 0.29) is 0 Å². The van der Waals surface area contributed by atoms with Crippen molar-refractivity contribution in [3.8, 4) is 67.3 Å². The Morgan fingerprint density at radius 2 is 0.938 bits per heavy atom. The van der Waals surface area contributed by atoms with Gasteiger partial charge in [0.15, 0.2) is 5.82 Å². The number of hydrogen-bond acceptors (Lipinski definition) is 3. The minimum Gasteiger partial charge on any atom is -0.256 e. The van der Waals surface area contributed by atoms with Gasteiger partial charge in [0.25, 0.3) is 0 Å². The van der Waals surface area contributed by atoms with Crippen LogP contribution in [0.1, 0.15) is 44.6 Å². The Morgan fingerprint density at radius 3 is 1.61 bits per heavy atom. The molecule has 8 aromatic carbocycles. The van der Waals surface area contributed by atoms with E-state index in [4.69, 9.17) is 15.0 Å². The van der Waals surface area contributed by atoms with Crippen LogP contribution in [-0.4, -0.2) is 15.0 Å². The second kappa shape index (κ2) is 16.4. The number of fused-ring (bicyclic) bond motifs is 3. The Bertz CT molecular complexity index is 3250. The number of aryl methyl sites for hydroxylation is 2. The molecule has 0 atom stereocenters. The zero-order valence-electron chi connectivity index (χ0n) is 35.9. The summed E-state index contributed by atoms with van der Waals surface area (Å²) in [5.74, 6) is 0.710. The van der Waals surface area contributed by atoms with Gasteiger partial charge >= 0.3 is 0 Å². The number of pyridine rings is 1. The van der Waals surface area contributed by atoms with Crippen LogP contribution in [0.3, 0.4) is 0 Å². The summed E-state index contributed by atoms with van der Waals surface area (Å²) in [5, 5.41) is 0. The molecule has 0 fully saturated rings. The topological polar surface area (TPSA) is 38.7 Å². The van der Waals surface area contributed by atoms with Gasteiger partial charge in [-0.2, -0.15) is 0 Å². The van der Waals surface area contributed by atoms with Crippen molar-refractivity contribution in [2.24, 2.45) is 0 Å². The van der Waals surface area contributed by atoms with E-state index >= 15 is 0 Å². The van der Waals surface area contributed by atoms with Crippen LogP contribution in [0.15, 0.2) is 225 Å². The predicted molar refractivity (Wildman–Crippen MR) is 263 cm³/mol. The lowest BCUT2D eigenvalue weighted by atomic mass is 9.67. The molecule has 1 aliphatic carbocycles. The second-order valence-electron chi connectivity index (χ2n) is 16.8. The third-order valence-corrected chi connectivity index (χ3v) is 12.9. The highest BCUT2D eigenvalue weighted by atomic mass is 14.9. The van der Waals surface area contributed by atoms with Crippen LogP contribution in [0.5, 0.6) is 0 Å². The van der Waals surface area contributed by atoms with E-state index in [0.717, 1.165) is 39.3 Å². The first kappa shape index (κ1) is 38.9. The highest BCUT2D eigenvalue weighted by molar-refractivity contribution is 5.91. The summed E-state index contributed by atoms with van der Waals surface area (Å²) >= 11 is 0. The summed E-state index contributed by atoms with van der Waals surface area (Å²) in [6.07, 6.45) is 2.75. The van der Waals surface area contributed by atoms with Crippen LogP contribution in [-0.2, 0) is 11.8 Å². The molecule has 0 spiro atoms. The van der Waals surface area contributed by atoms with Crippen molar-refractivity contribution in [3.05, 3.63) is 269 Å². The largest absolute Gasteiger partial charge is 0.256 e. The molecule has 0 bridgehead atoms. The molecule has 2 heterocycles. The van der Waals surface area contributed by atoms with E-state index in [0.29, 0.717) is 12.2 Å². The molecular formula is C61H45N3. The van der Waals surface area contributed by atoms with Gasteiger partial charge in [-0.25, -0.2) is 9.97 Å². The minimum atomic E-state index is -0.591. The van der Waals surface area contributed by atoms with Crippen LogP contribution < -0.4 is 0 Å². The van der Waals surface area contributed by atoms with Gasteiger partial charge < -0.3 is 0 Å². The average molecular weight is 820 g/mol. The van der Waals surface area contributed by atoms with Gasteiger partial charge in [-0.05, 0) is 111 Å². The van der Waals surface area contributed by atoms with E-state index in [1.165, 1.54) is 66.8 Å². The summed E-state index contributed by atoms with van der Waals surface area (Å²) in [5.41, 5.74) is 21.2. The van der Waals surface area contributed by atoms with E-state index < -0.39 is 5.41 Å². The van der Waals surface area contributed by atoms with Crippen molar-refractivity contribution in [1.29, 1.82) is 0 Å². The lowest BCUT2D eigenvalue weighted by Gasteiger charge is -2.34. The van der Waals surface area contributed by atoms with Gasteiger partial charge in [0, 0.05) is 34.1 Å². The Kier molecular flexibility index (Phi) is 9.94. The molecule has 0 unspecified atom stereocenters. The number of benzene rings is 8. The molecule has 0 N–H and O–H groups in total. The fraction of sp³-hybridized carbons (Fsp3) is 0.0656. The van der Waals surface area contributed by atoms with Gasteiger partial charge in [-0.15, -0.1) is 0 Å². The summed E-state index contributed by atoms with van der Waals surface area (Å²) in [7, 11) is 0. The van der Waals surface area contributed by atoms with Crippen LogP contribution in [0, 0.1) is 13.8 Å². The Labute approximate surface area is 375 Å². The first-order valence-corrected chi connectivity index (χ1v) is 22.1. The Balaban J connectivity index is 1.12. The maximum Gasteiger partial charge on any atom is 0.160 e. The smallest absolute Gasteiger partial charge is 0.160 e. The molecule has 2 aromatic heterocycles. The molecule has 64 heavy (non-hydrogen) atoms. The van der Waals surface area contributed by atoms with Crippen LogP contribution in [0.4, 0.5) is 0 Å². The first-order chi connectivity index (χ1) is 31.5. The monoisotopic (exact) mass is 819 g/mol. The lowest BCUT2D eigenvalue weighted by Crippen LogP contribution is -2.28. The molecular weight excluding hydrogens is 775 g/mol. The van der Waals surface area contributed by atoms with E-state index in [9.17, 15) is 0 Å². The van der Waals surface area contributed by atoms with E-state index in [1.807, 2.05) is 6.07 Å². The van der Waals surface area contributed by atoms with E-state index in [2.05, 4.69) is 232 Å². The molecule has 0 radical (unpaired) electrons. The van der Waals surface area contributed by atoms with Gasteiger partial charge in [0.2, 0.25) is 0 Å². The molecule has 304 valence electrons. The quantitative estimate of drug-likeness (QED) is 0.146. The fourth-order valence-corrected chi connectivity index (χ4v) is 9.98. The maximum atomic E-state index is 5.38. The molecule has 0 saturated heterocycles. The molecule has 11 rings (SSSR count). The Morgan fingerprint density at radius 1 is 0.391 bits per heavy atom. The summed E-state index contributed by atoms with van der Waals surface area (Å²) in [6, 6.07) is 78.6. The summed E-state index contributed by atoms with van der Waals surface area (Å²) in [4.78, 5) is 15.6. The average Bonchev–Trinajstić information content (AvgIpc) is 3.66. The number of aromatic nitrogens is 3. The number of hydrogen-bond donors (Lipinski definition) is 0. The van der Waals surface area contributed by atoms with Crippen molar-refractivity contribution >= 4 is 0 Å². The Hall–Kier alpha value is -8.01. The molecule has 10 aromatic rings. The van der Waals surface area contributed by atoms with Gasteiger partial charge in [-0.1, -0.05) is 194 Å². The SMILES string of the molecule is Cc1cc(-c2ccc(-c3ccccc3)cc2)nc(-c2cc(Cc3ccccc3-c3cnc(-c4ccccc4)cc3C)c3c(c2)C(c2ccccc2)(c2ccccc2)c2ccccc2-3)n1. The summed E-state index contributed by atoms with van der Waals surface area (Å²) < 4.78 is 0. The highest BCUT2D eigenvalue weighted by Gasteiger charge is 2.47. The van der Waals surface area contributed by atoms with Crippen molar-refractivity contribution in [2.75, 3.05) is 0 Å². The zero-order valence-corrected chi connectivity index (χ0v) is 35.9. The maximum absolute atomic E-state index is 5.38. The standard InChI is InChI=1S/C61H45N3/c1-41-35-57(45-21-9-4-10-22-45)62-40-54(41)52-28-16-15-23-47(52)37-48-38-49(60-63-42(2)36-58(64-60)46-33-31-44(32-34-46)43-19-7-3-8-20-43)39-56-59(48)53-29-17-18-30-55(53)61(56,50-24-11-5-12-25-50)51-26-13-6-14-27-51/h3-36,38-40H,37H2,1-2H3. The molecule has 0 amide bonds. The number of rotatable bonds is 9. The zero-order chi connectivity index (χ0) is 43.0. The molecule has 1 aliphatic rings. The molecule has 0 aliphatic heterocycles. The van der Waals surface area contributed by atoms with Crippen molar-refractivity contribution in [3.63, 3.8) is 0 Å². The highest BCUT2D eigenvalue weighted by Crippen LogP contribution is 2.58. The molecule has 3 nitrogen and oxygen atoms in total. The molecule has 0 saturated carbocycles. The second-order valence-corrected chi connectivity index (χ2v) is 16.8. The van der Waals surface area contributed by atoms with Crippen molar-refractivity contribution in [2.45, 2.75) is 25.7 Å². The van der Waals surface area contributed by atoms with Gasteiger partial charge in [0.1, 0.15) is 0 Å². The van der Waals surface area contributed by atoms with Crippen molar-refractivity contribution in [1.82, 2.24) is 15.0 Å². The fourth-order valence-electron chi connectivity index (χ4n) is 9.98. The normalized spacial score (nSPS) is 12.4.